The molecule has 0 bridgehead atoms. The highest BCUT2D eigenvalue weighted by molar-refractivity contribution is 8.04. The van der Waals surface area contributed by atoms with E-state index in [1.807, 2.05) is 13.8 Å². The number of rotatable bonds is 8. The smallest absolute Gasteiger partial charge is 0.269 e. The second-order valence-corrected chi connectivity index (χ2v) is 8.83. The summed E-state index contributed by atoms with van der Waals surface area (Å²) in [6.45, 7) is 8.23. The molecule has 2 heterocycles. The Labute approximate surface area is 174 Å². The molecule has 0 atom stereocenters. The number of carbonyl (C=O) groups is 2. The number of ether oxygens (including phenoxy) is 1. The number of imide groups is 1. The monoisotopic (exact) mass is 419 g/mol. The Bertz CT molecular complexity index is 816. The molecule has 0 unspecified atom stereocenters. The van der Waals surface area contributed by atoms with Gasteiger partial charge in [-0.2, -0.15) is 0 Å². The summed E-state index contributed by atoms with van der Waals surface area (Å²) in [5.74, 6) is -0.599. The van der Waals surface area contributed by atoms with Gasteiger partial charge < -0.3 is 4.74 Å². The van der Waals surface area contributed by atoms with E-state index in [-0.39, 0.29) is 22.8 Å². The van der Waals surface area contributed by atoms with Gasteiger partial charge in [-0.3, -0.25) is 29.5 Å². The summed E-state index contributed by atoms with van der Waals surface area (Å²) in [6, 6.07) is 5.80. The summed E-state index contributed by atoms with van der Waals surface area (Å²) < 4.78 is 5.34. The molecule has 0 radical (unpaired) electrons. The standard InChI is InChI=1S/C20H25N3O5S/c1-14(2)29-18-17(15-4-6-16(7-5-15)23(26)27)19(24)22(20(18)25)9-3-8-21-10-12-28-13-11-21/h4-7,14H,3,8-13H2,1-2H3. The molecule has 156 valence electrons. The van der Waals surface area contributed by atoms with Gasteiger partial charge in [-0.25, -0.2) is 0 Å². The Hall–Kier alpha value is -2.23. The van der Waals surface area contributed by atoms with E-state index >= 15 is 0 Å². The van der Waals surface area contributed by atoms with Crippen LogP contribution in [-0.4, -0.2) is 71.2 Å². The first kappa shape index (κ1) is 21.5. The summed E-state index contributed by atoms with van der Waals surface area (Å²) in [4.78, 5) is 40.5. The van der Waals surface area contributed by atoms with Gasteiger partial charge in [0.05, 0.1) is 28.6 Å². The van der Waals surface area contributed by atoms with Gasteiger partial charge in [0.15, 0.2) is 0 Å². The van der Waals surface area contributed by atoms with E-state index in [0.717, 1.165) is 19.6 Å². The largest absolute Gasteiger partial charge is 0.379 e. The number of hydrogen-bond acceptors (Lipinski definition) is 7. The number of nitro benzene ring substituents is 1. The molecule has 1 saturated heterocycles. The molecule has 1 aromatic carbocycles. The van der Waals surface area contributed by atoms with E-state index in [1.165, 1.54) is 40.9 Å². The molecule has 0 saturated carbocycles. The number of morpholine rings is 1. The Balaban J connectivity index is 1.76. The van der Waals surface area contributed by atoms with Gasteiger partial charge in [-0.05, 0) is 24.1 Å². The number of benzene rings is 1. The minimum absolute atomic E-state index is 0.0495. The van der Waals surface area contributed by atoms with E-state index in [9.17, 15) is 19.7 Å². The van der Waals surface area contributed by atoms with Crippen molar-refractivity contribution in [2.75, 3.05) is 39.4 Å². The number of carbonyl (C=O) groups excluding carboxylic acids is 2. The predicted octanol–water partition coefficient (Wildman–Crippen LogP) is 2.54. The van der Waals surface area contributed by atoms with Gasteiger partial charge in [-0.15, -0.1) is 11.8 Å². The molecule has 0 spiro atoms. The van der Waals surface area contributed by atoms with Gasteiger partial charge in [0, 0.05) is 43.6 Å². The second-order valence-electron chi connectivity index (χ2n) is 7.24. The van der Waals surface area contributed by atoms with Gasteiger partial charge in [0.25, 0.3) is 17.5 Å². The van der Waals surface area contributed by atoms with E-state index in [4.69, 9.17) is 4.74 Å². The fourth-order valence-corrected chi connectivity index (χ4v) is 4.39. The van der Waals surface area contributed by atoms with Gasteiger partial charge in [0.2, 0.25) is 0 Å². The highest BCUT2D eigenvalue weighted by Crippen LogP contribution is 2.38. The lowest BCUT2D eigenvalue weighted by molar-refractivity contribution is -0.384. The molecule has 2 aliphatic rings. The Kier molecular flexibility index (Phi) is 7.05. The van der Waals surface area contributed by atoms with Crippen LogP contribution < -0.4 is 0 Å². The van der Waals surface area contributed by atoms with Crippen molar-refractivity contribution in [1.82, 2.24) is 9.80 Å². The van der Waals surface area contributed by atoms with Crippen molar-refractivity contribution in [2.24, 2.45) is 0 Å². The van der Waals surface area contributed by atoms with E-state index in [1.54, 1.807) is 0 Å². The van der Waals surface area contributed by atoms with Crippen LogP contribution in [0.1, 0.15) is 25.8 Å². The van der Waals surface area contributed by atoms with Crippen molar-refractivity contribution in [2.45, 2.75) is 25.5 Å². The first-order chi connectivity index (χ1) is 13.9. The van der Waals surface area contributed by atoms with Crippen LogP contribution in [0.15, 0.2) is 29.2 Å². The van der Waals surface area contributed by atoms with E-state index < -0.39 is 4.92 Å². The summed E-state index contributed by atoms with van der Waals surface area (Å²) in [5.41, 5.74) is 0.828. The van der Waals surface area contributed by atoms with Gasteiger partial charge >= 0.3 is 0 Å². The Morgan fingerprint density at radius 3 is 2.34 bits per heavy atom. The van der Waals surface area contributed by atoms with E-state index in [0.29, 0.717) is 42.2 Å². The SMILES string of the molecule is CC(C)SC1=C(c2ccc([N+](=O)[O-])cc2)C(=O)N(CCCN2CCOCC2)C1=O. The van der Waals surface area contributed by atoms with Crippen LogP contribution in [0.3, 0.4) is 0 Å². The zero-order valence-electron chi connectivity index (χ0n) is 16.6. The first-order valence-electron chi connectivity index (χ1n) is 9.70. The summed E-state index contributed by atoms with van der Waals surface area (Å²) in [6.07, 6.45) is 0.699. The number of nitrogens with zero attached hydrogens (tertiary/aromatic N) is 3. The fourth-order valence-electron chi connectivity index (χ4n) is 3.38. The fraction of sp³-hybridized carbons (Fsp3) is 0.500. The maximum Gasteiger partial charge on any atom is 0.269 e. The van der Waals surface area contributed by atoms with E-state index in [2.05, 4.69) is 4.90 Å². The number of nitro groups is 1. The van der Waals surface area contributed by atoms with Crippen molar-refractivity contribution in [1.29, 1.82) is 0 Å². The second kappa shape index (κ2) is 9.51. The van der Waals surface area contributed by atoms with Gasteiger partial charge in [-0.1, -0.05) is 13.8 Å². The Morgan fingerprint density at radius 2 is 1.76 bits per heavy atom. The maximum atomic E-state index is 13.1. The molecule has 9 heteroatoms. The lowest BCUT2D eigenvalue weighted by Crippen LogP contribution is -2.39. The average molecular weight is 420 g/mol. The number of non-ortho nitro benzene ring substituents is 1. The van der Waals surface area contributed by atoms with Crippen LogP contribution in [0.5, 0.6) is 0 Å². The molecule has 29 heavy (non-hydrogen) atoms. The third-order valence-corrected chi connectivity index (χ3v) is 5.89. The summed E-state index contributed by atoms with van der Waals surface area (Å²) >= 11 is 1.36. The molecular formula is C20H25N3O5S. The molecule has 8 nitrogen and oxygen atoms in total. The molecule has 2 amide bonds. The number of amides is 2. The normalized spacial score (nSPS) is 18.2. The molecule has 1 fully saturated rings. The third-order valence-electron chi connectivity index (χ3n) is 4.81. The van der Waals surface area contributed by atoms with Crippen LogP contribution in [0, 0.1) is 10.1 Å². The average Bonchev–Trinajstić information content (AvgIpc) is 2.92. The van der Waals surface area contributed by atoms with Crippen molar-refractivity contribution in [3.8, 4) is 0 Å². The number of hydrogen-bond donors (Lipinski definition) is 0. The van der Waals surface area contributed by atoms with Crippen LogP contribution in [-0.2, 0) is 14.3 Å². The highest BCUT2D eigenvalue weighted by Gasteiger charge is 2.39. The predicted molar refractivity (Wildman–Crippen MR) is 111 cm³/mol. The topological polar surface area (TPSA) is 93.0 Å². The lowest BCUT2D eigenvalue weighted by atomic mass is 10.1. The quantitative estimate of drug-likeness (QED) is 0.363. The zero-order chi connectivity index (χ0) is 21.0. The van der Waals surface area contributed by atoms with Crippen molar-refractivity contribution < 1.29 is 19.2 Å². The van der Waals surface area contributed by atoms with Crippen LogP contribution in [0.2, 0.25) is 0 Å². The zero-order valence-corrected chi connectivity index (χ0v) is 17.4. The van der Waals surface area contributed by atoms with Crippen molar-refractivity contribution in [3.05, 3.63) is 44.8 Å². The van der Waals surface area contributed by atoms with Crippen molar-refractivity contribution >= 4 is 34.8 Å². The van der Waals surface area contributed by atoms with Crippen LogP contribution in [0.4, 0.5) is 5.69 Å². The van der Waals surface area contributed by atoms with Crippen LogP contribution >= 0.6 is 11.8 Å². The summed E-state index contributed by atoms with van der Waals surface area (Å²) in [5, 5.41) is 11.0. The number of thioether (sulfide) groups is 1. The molecule has 1 aromatic rings. The first-order valence-corrected chi connectivity index (χ1v) is 10.6. The van der Waals surface area contributed by atoms with Crippen molar-refractivity contribution in [3.63, 3.8) is 0 Å². The van der Waals surface area contributed by atoms with Gasteiger partial charge in [0.1, 0.15) is 0 Å². The lowest BCUT2D eigenvalue weighted by Gasteiger charge is -2.27. The van der Waals surface area contributed by atoms with Crippen LogP contribution in [0.25, 0.3) is 5.57 Å². The maximum absolute atomic E-state index is 13.1. The highest BCUT2D eigenvalue weighted by atomic mass is 32.2. The molecule has 2 aliphatic heterocycles. The Morgan fingerprint density at radius 1 is 1.10 bits per heavy atom. The minimum Gasteiger partial charge on any atom is -0.379 e. The molecule has 0 N–H and O–H groups in total. The third kappa shape index (κ3) is 5.04. The molecule has 3 rings (SSSR count). The minimum atomic E-state index is -0.485. The molecule has 0 aromatic heterocycles. The molecule has 0 aliphatic carbocycles. The molecular weight excluding hydrogens is 394 g/mol. The summed E-state index contributed by atoms with van der Waals surface area (Å²) in [7, 11) is 0.